The molecular formula is C61H83F9O6. The molecule has 0 heterocycles. The van der Waals surface area contributed by atoms with Crippen LogP contribution in [-0.4, -0.2) is 62.1 Å². The van der Waals surface area contributed by atoms with Crippen LogP contribution in [0.1, 0.15) is 174 Å². The Bertz CT molecular complexity index is 2440. The van der Waals surface area contributed by atoms with Gasteiger partial charge in [0.2, 0.25) is 0 Å². The number of carbonyl (C=O) groups is 1. The molecule has 2 aliphatic carbocycles. The number of aryl methyl sites for hydroxylation is 1. The molecule has 4 rings (SSSR count). The van der Waals surface area contributed by atoms with E-state index in [0.29, 0.717) is 46.4 Å². The molecule has 15 heteroatoms. The maximum Gasteiger partial charge on any atom is 0.389 e. The van der Waals surface area contributed by atoms with Crippen molar-refractivity contribution >= 4 is 5.97 Å². The largest absolute Gasteiger partial charge is 0.497 e. The Morgan fingerprint density at radius 3 is 1.86 bits per heavy atom. The molecule has 0 spiro atoms. The van der Waals surface area contributed by atoms with Crippen LogP contribution >= 0.6 is 0 Å². The molecule has 426 valence electrons. The van der Waals surface area contributed by atoms with Gasteiger partial charge in [-0.2, -0.15) is 39.5 Å². The van der Waals surface area contributed by atoms with Crippen LogP contribution in [0, 0.1) is 22.7 Å². The Morgan fingerprint density at radius 2 is 1.32 bits per heavy atom. The number of carboxylic acids is 1. The summed E-state index contributed by atoms with van der Waals surface area (Å²) in [6.07, 6.45) is -7.85. The van der Waals surface area contributed by atoms with E-state index >= 15 is 0 Å². The maximum absolute atomic E-state index is 14.0. The molecule has 0 aromatic heterocycles. The van der Waals surface area contributed by atoms with Crippen LogP contribution in [0.15, 0.2) is 83.7 Å². The Labute approximate surface area is 446 Å². The highest BCUT2D eigenvalue weighted by Gasteiger charge is 2.46. The van der Waals surface area contributed by atoms with E-state index in [2.05, 4.69) is 53.3 Å². The third-order valence-electron chi connectivity index (χ3n) is 15.5. The molecule has 1 unspecified atom stereocenters. The highest BCUT2D eigenvalue weighted by molar-refractivity contribution is 5.69. The number of hydrogen-bond donors (Lipinski definition) is 1. The molecule has 0 saturated heterocycles. The first-order valence-electron chi connectivity index (χ1n) is 26.6. The molecule has 6 nitrogen and oxygen atoms in total. The minimum Gasteiger partial charge on any atom is -0.497 e. The van der Waals surface area contributed by atoms with Gasteiger partial charge >= 0.3 is 24.5 Å². The van der Waals surface area contributed by atoms with Crippen molar-refractivity contribution in [3.63, 3.8) is 0 Å². The number of alkyl halides is 9. The van der Waals surface area contributed by atoms with Gasteiger partial charge < -0.3 is 24.1 Å². The third-order valence-corrected chi connectivity index (χ3v) is 15.5. The predicted octanol–water partition coefficient (Wildman–Crippen LogP) is 17.6. The second-order valence-electron chi connectivity index (χ2n) is 23.9. The number of hydrogen-bond acceptors (Lipinski definition) is 5. The average molecular weight is 1080 g/mol. The van der Waals surface area contributed by atoms with Gasteiger partial charge in [0.25, 0.3) is 0 Å². The number of benzene rings is 2. The van der Waals surface area contributed by atoms with Gasteiger partial charge in [-0.25, -0.2) is 4.79 Å². The molecule has 2 aromatic rings. The molecule has 76 heavy (non-hydrogen) atoms. The fourth-order valence-corrected chi connectivity index (χ4v) is 9.91. The highest BCUT2D eigenvalue weighted by Crippen LogP contribution is 2.54. The van der Waals surface area contributed by atoms with Crippen molar-refractivity contribution in [2.24, 2.45) is 22.7 Å². The van der Waals surface area contributed by atoms with E-state index in [1.54, 1.807) is 6.92 Å². The Balaban J connectivity index is 2.29. The molecule has 2 aromatic carbocycles. The first-order valence-corrected chi connectivity index (χ1v) is 26.6. The minimum absolute atomic E-state index is 0.129. The predicted molar refractivity (Wildman–Crippen MR) is 283 cm³/mol. The van der Waals surface area contributed by atoms with Gasteiger partial charge in [-0.1, -0.05) is 144 Å². The molecule has 0 amide bonds. The van der Waals surface area contributed by atoms with Gasteiger partial charge in [0, 0.05) is 37.4 Å². The van der Waals surface area contributed by atoms with Gasteiger partial charge in [0.1, 0.15) is 17.3 Å². The zero-order valence-electron chi connectivity index (χ0n) is 47.0. The van der Waals surface area contributed by atoms with Crippen LogP contribution in [0.25, 0.3) is 0 Å². The van der Waals surface area contributed by atoms with Crippen molar-refractivity contribution in [2.45, 2.75) is 196 Å². The highest BCUT2D eigenvalue weighted by atomic mass is 19.4. The van der Waals surface area contributed by atoms with Crippen LogP contribution < -0.4 is 9.47 Å². The number of fused-ring (bicyclic) bond motifs is 3. The molecule has 0 aliphatic heterocycles. The number of ether oxygens (including phenoxy) is 4. The van der Waals surface area contributed by atoms with E-state index < -0.39 is 104 Å². The molecule has 2 aliphatic rings. The van der Waals surface area contributed by atoms with Crippen molar-refractivity contribution in [1.82, 2.24) is 0 Å². The van der Waals surface area contributed by atoms with Crippen LogP contribution in [0.5, 0.6) is 11.5 Å². The molecule has 1 N–H and O–H groups in total. The first-order chi connectivity index (χ1) is 34.9. The van der Waals surface area contributed by atoms with Crippen LogP contribution in [0.3, 0.4) is 0 Å². The fourth-order valence-electron chi connectivity index (χ4n) is 9.91. The topological polar surface area (TPSA) is 74.2 Å². The normalized spacial score (nSPS) is 21.1. The second-order valence-corrected chi connectivity index (χ2v) is 23.9. The second kappa shape index (κ2) is 25.4. The van der Waals surface area contributed by atoms with Crippen LogP contribution in [-0.2, 0) is 44.4 Å². The summed E-state index contributed by atoms with van der Waals surface area (Å²) in [4.78, 5) is 12.5. The lowest BCUT2D eigenvalue weighted by Gasteiger charge is -2.48. The zero-order chi connectivity index (χ0) is 57.4. The van der Waals surface area contributed by atoms with Gasteiger partial charge in [-0.3, -0.25) is 0 Å². The van der Waals surface area contributed by atoms with Crippen molar-refractivity contribution in [3.8, 4) is 11.5 Å². The van der Waals surface area contributed by atoms with E-state index in [9.17, 15) is 49.4 Å². The molecular weight excluding hydrogens is 1000 g/mol. The average Bonchev–Trinajstić information content (AvgIpc) is 3.28. The lowest BCUT2D eigenvalue weighted by Crippen LogP contribution is -2.40. The first kappa shape index (κ1) is 63.9. The molecule has 0 saturated carbocycles. The van der Waals surface area contributed by atoms with Gasteiger partial charge in [-0.05, 0) is 124 Å². The van der Waals surface area contributed by atoms with E-state index in [-0.39, 0.29) is 55.3 Å². The monoisotopic (exact) mass is 1080 g/mol. The summed E-state index contributed by atoms with van der Waals surface area (Å²) >= 11 is 0. The van der Waals surface area contributed by atoms with Crippen LogP contribution in [0.2, 0.25) is 0 Å². The fraction of sp³-hybridized carbons (Fsp3) is 0.623. The summed E-state index contributed by atoms with van der Waals surface area (Å²) in [7, 11) is 0. The molecule has 4 bridgehead atoms. The van der Waals surface area contributed by atoms with Crippen LogP contribution in [0.4, 0.5) is 39.5 Å². The minimum atomic E-state index is -4.51. The SMILES string of the molecule is C=C/C(C)=C(/OCCCC(F)(F)F)C1C2=CC(=C[C@H](Cc3cc(C(C)(C)C)cc(CC)c3OCCCC(F)(F)F)[C@@H]2OCCCC(F)(F)F)[C@@H](C)C(C)(C)C(C)(C)C/C=C/Cc2cc(C(C)(C)C)cc1c2OCC(=O)O. The Morgan fingerprint density at radius 1 is 0.763 bits per heavy atom. The lowest BCUT2D eigenvalue weighted by atomic mass is 9.57. The summed E-state index contributed by atoms with van der Waals surface area (Å²) < 4.78 is 150. The third kappa shape index (κ3) is 17.7. The van der Waals surface area contributed by atoms with E-state index in [4.69, 9.17) is 18.9 Å². The van der Waals surface area contributed by atoms with Crippen molar-refractivity contribution in [1.29, 1.82) is 0 Å². The Kier molecular flexibility index (Phi) is 21.4. The summed E-state index contributed by atoms with van der Waals surface area (Å²) in [6, 6.07) is 7.81. The quantitative estimate of drug-likeness (QED) is 0.0468. The number of allylic oxidation sites excluding steroid dienone is 7. The molecule has 0 fully saturated rings. The van der Waals surface area contributed by atoms with Crippen molar-refractivity contribution in [3.05, 3.63) is 117 Å². The molecule has 0 radical (unpaired) electrons. The van der Waals surface area contributed by atoms with E-state index in [0.717, 1.165) is 22.3 Å². The van der Waals surface area contributed by atoms with E-state index in [1.165, 1.54) is 6.08 Å². The lowest BCUT2D eigenvalue weighted by molar-refractivity contribution is -0.140. The standard InChI is InChI=1S/C61H83F9O6/c1-15-38(3)51(73-27-19-24-59(62,63)64)50-47-35-42(39(4)58(13,14)57(11,12)23-18-17-22-41-33-46(56(8,9)10)36-48(50)53(41)76-37-49(71)72)30-43(54(47)75-29-21-26-61(68,69)70)31-44-34-45(55(5,6)7)32-40(16-2)52(44)74-28-20-25-60(65,66)67/h15,17-18,30,32-36,39,43,50,54H,1,16,19-29,31,37H2,2-14H3,(H,71,72)/b18-17+,51-38+/t39-,43-,50?,54+/m1/s1. The van der Waals surface area contributed by atoms with Crippen molar-refractivity contribution < 1.29 is 68.4 Å². The maximum atomic E-state index is 14.0. The summed E-state index contributed by atoms with van der Waals surface area (Å²) in [5, 5.41) is 10.2. The number of aliphatic carboxylic acids is 1. The Hall–Kier alpha value is -4.66. The van der Waals surface area contributed by atoms with Gasteiger partial charge in [0.05, 0.1) is 25.2 Å². The summed E-state index contributed by atoms with van der Waals surface area (Å²) in [5.74, 6) is -2.63. The van der Waals surface area contributed by atoms with E-state index in [1.807, 2.05) is 84.9 Å². The van der Waals surface area contributed by atoms with Gasteiger partial charge in [-0.15, -0.1) is 0 Å². The summed E-state index contributed by atoms with van der Waals surface area (Å²) in [5.41, 5.74) is 4.04. The van der Waals surface area contributed by atoms with Gasteiger partial charge in [0.15, 0.2) is 6.61 Å². The summed E-state index contributed by atoms with van der Waals surface area (Å²) in [6.45, 7) is 28.8. The smallest absolute Gasteiger partial charge is 0.389 e. The molecule has 4 atom stereocenters. The number of rotatable bonds is 20. The van der Waals surface area contributed by atoms with Crippen molar-refractivity contribution in [2.75, 3.05) is 26.4 Å². The zero-order valence-corrected chi connectivity index (χ0v) is 47.0. The number of carboxylic acid groups (broad SMARTS) is 1. The number of halogens is 9.